The summed E-state index contributed by atoms with van der Waals surface area (Å²) < 4.78 is 11.0. The highest BCUT2D eigenvalue weighted by Gasteiger charge is 2.45. The Morgan fingerprint density at radius 2 is 1.82 bits per heavy atom. The van der Waals surface area contributed by atoms with Crippen LogP contribution in [0.3, 0.4) is 0 Å². The SMILES string of the molecule is CCc1ccc(C2C(=C(O)c3ccc(OCC(C)C)c(C)c3)C(=O)C(=O)N2CCCOC)cc1. The number of carbonyl (C=O) groups is 2. The normalized spacial score (nSPS) is 17.6. The van der Waals surface area contributed by atoms with Gasteiger partial charge in [0.05, 0.1) is 18.2 Å². The van der Waals surface area contributed by atoms with Crippen molar-refractivity contribution in [2.24, 2.45) is 5.92 Å². The fourth-order valence-electron chi connectivity index (χ4n) is 4.14. The Hall–Kier alpha value is -3.12. The molecule has 0 saturated carbocycles. The molecule has 1 fully saturated rings. The van der Waals surface area contributed by atoms with Gasteiger partial charge in [0.1, 0.15) is 11.5 Å². The number of hydrogen-bond acceptors (Lipinski definition) is 5. The van der Waals surface area contributed by atoms with Crippen LogP contribution in [0, 0.1) is 12.8 Å². The summed E-state index contributed by atoms with van der Waals surface area (Å²) in [6.45, 7) is 9.55. The van der Waals surface area contributed by atoms with E-state index in [0.29, 0.717) is 37.7 Å². The lowest BCUT2D eigenvalue weighted by atomic mass is 9.94. The number of ether oxygens (including phenoxy) is 2. The Balaban J connectivity index is 2.05. The summed E-state index contributed by atoms with van der Waals surface area (Å²) in [6, 6.07) is 12.5. The van der Waals surface area contributed by atoms with Gasteiger partial charge in [-0.15, -0.1) is 0 Å². The molecule has 2 aromatic carbocycles. The van der Waals surface area contributed by atoms with E-state index in [0.717, 1.165) is 28.9 Å². The number of nitrogens with zero attached hydrogens (tertiary/aromatic N) is 1. The number of amides is 1. The maximum Gasteiger partial charge on any atom is 0.295 e. The van der Waals surface area contributed by atoms with E-state index in [2.05, 4.69) is 20.8 Å². The second-order valence-corrected chi connectivity index (χ2v) is 9.12. The van der Waals surface area contributed by atoms with Crippen molar-refractivity contribution in [3.63, 3.8) is 0 Å². The van der Waals surface area contributed by atoms with E-state index >= 15 is 0 Å². The molecule has 1 amide bonds. The molecular formula is C28H35NO5. The molecule has 1 aliphatic heterocycles. The van der Waals surface area contributed by atoms with Gasteiger partial charge in [-0.1, -0.05) is 45.0 Å². The Morgan fingerprint density at radius 1 is 1.12 bits per heavy atom. The van der Waals surface area contributed by atoms with Crippen LogP contribution in [0.4, 0.5) is 0 Å². The molecule has 0 bridgehead atoms. The average molecular weight is 466 g/mol. The van der Waals surface area contributed by atoms with Crippen molar-refractivity contribution in [2.45, 2.75) is 46.6 Å². The van der Waals surface area contributed by atoms with Crippen LogP contribution < -0.4 is 4.74 Å². The lowest BCUT2D eigenvalue weighted by molar-refractivity contribution is -0.140. The van der Waals surface area contributed by atoms with Gasteiger partial charge >= 0.3 is 0 Å². The maximum absolute atomic E-state index is 13.1. The molecule has 0 spiro atoms. The van der Waals surface area contributed by atoms with Crippen LogP contribution in [0.1, 0.15) is 55.5 Å². The molecule has 0 aromatic heterocycles. The number of methoxy groups -OCH3 is 1. The molecule has 182 valence electrons. The van der Waals surface area contributed by atoms with E-state index in [-0.39, 0.29) is 11.3 Å². The molecule has 34 heavy (non-hydrogen) atoms. The van der Waals surface area contributed by atoms with E-state index in [9.17, 15) is 14.7 Å². The van der Waals surface area contributed by atoms with Crippen molar-refractivity contribution >= 4 is 17.4 Å². The zero-order chi connectivity index (χ0) is 24.8. The molecule has 1 aliphatic rings. The first-order chi connectivity index (χ1) is 16.3. The summed E-state index contributed by atoms with van der Waals surface area (Å²) in [7, 11) is 1.60. The number of aliphatic hydroxyl groups excluding tert-OH is 1. The van der Waals surface area contributed by atoms with Crippen LogP contribution in [0.2, 0.25) is 0 Å². The highest BCUT2D eigenvalue weighted by molar-refractivity contribution is 6.46. The summed E-state index contributed by atoms with van der Waals surface area (Å²) in [5.74, 6) is -0.318. The minimum absolute atomic E-state index is 0.113. The molecule has 2 aromatic rings. The first-order valence-corrected chi connectivity index (χ1v) is 11.9. The number of Topliss-reactive ketones (excluding diaryl/α,β-unsaturated/α-hetero) is 1. The van der Waals surface area contributed by atoms with Crippen LogP contribution in [0.25, 0.3) is 5.76 Å². The zero-order valence-electron chi connectivity index (χ0n) is 20.8. The molecule has 1 saturated heterocycles. The molecule has 1 unspecified atom stereocenters. The molecule has 0 aliphatic carbocycles. The quantitative estimate of drug-likeness (QED) is 0.230. The first-order valence-electron chi connectivity index (χ1n) is 11.9. The number of aliphatic hydroxyl groups is 1. The molecule has 6 heteroatoms. The van der Waals surface area contributed by atoms with Crippen molar-refractivity contribution in [1.82, 2.24) is 4.90 Å². The number of carbonyl (C=O) groups excluding carboxylic acids is 2. The number of aryl methyl sites for hydroxylation is 2. The molecule has 0 radical (unpaired) electrons. The Kier molecular flexibility index (Phi) is 8.51. The molecular weight excluding hydrogens is 430 g/mol. The fraction of sp³-hybridized carbons (Fsp3) is 0.429. The lowest BCUT2D eigenvalue weighted by Gasteiger charge is -2.25. The van der Waals surface area contributed by atoms with Gasteiger partial charge in [0.25, 0.3) is 11.7 Å². The summed E-state index contributed by atoms with van der Waals surface area (Å²) in [4.78, 5) is 27.7. The second-order valence-electron chi connectivity index (χ2n) is 9.12. The second kappa shape index (κ2) is 11.3. The highest BCUT2D eigenvalue weighted by Crippen LogP contribution is 2.40. The minimum atomic E-state index is -0.669. The largest absolute Gasteiger partial charge is 0.507 e. The van der Waals surface area contributed by atoms with Gasteiger partial charge in [0.2, 0.25) is 0 Å². The average Bonchev–Trinajstić information content (AvgIpc) is 3.08. The van der Waals surface area contributed by atoms with E-state index in [1.54, 1.807) is 30.2 Å². The third kappa shape index (κ3) is 5.50. The third-order valence-corrected chi connectivity index (χ3v) is 6.01. The molecule has 1 heterocycles. The number of hydrogen-bond donors (Lipinski definition) is 1. The molecule has 1 atom stereocenters. The smallest absolute Gasteiger partial charge is 0.295 e. The van der Waals surface area contributed by atoms with Gasteiger partial charge in [0, 0.05) is 25.8 Å². The van der Waals surface area contributed by atoms with Gasteiger partial charge in [0.15, 0.2) is 0 Å². The summed E-state index contributed by atoms with van der Waals surface area (Å²) in [5.41, 5.74) is 3.40. The lowest BCUT2D eigenvalue weighted by Crippen LogP contribution is -2.31. The van der Waals surface area contributed by atoms with Crippen molar-refractivity contribution in [3.05, 3.63) is 70.3 Å². The van der Waals surface area contributed by atoms with Gasteiger partial charge in [-0.3, -0.25) is 9.59 Å². The molecule has 1 N–H and O–H groups in total. The van der Waals surface area contributed by atoms with Crippen LogP contribution >= 0.6 is 0 Å². The van der Waals surface area contributed by atoms with E-state index < -0.39 is 17.7 Å². The Morgan fingerprint density at radius 3 is 2.41 bits per heavy atom. The number of benzene rings is 2. The van der Waals surface area contributed by atoms with Crippen LogP contribution in [-0.4, -0.2) is 48.6 Å². The van der Waals surface area contributed by atoms with Gasteiger partial charge in [-0.05, 0) is 60.6 Å². The van der Waals surface area contributed by atoms with Gasteiger partial charge in [-0.25, -0.2) is 0 Å². The monoisotopic (exact) mass is 465 g/mol. The van der Waals surface area contributed by atoms with Crippen LogP contribution in [0.5, 0.6) is 5.75 Å². The third-order valence-electron chi connectivity index (χ3n) is 6.01. The Bertz CT molecular complexity index is 1050. The number of rotatable bonds is 10. The van der Waals surface area contributed by atoms with Crippen molar-refractivity contribution in [1.29, 1.82) is 0 Å². The predicted octanol–water partition coefficient (Wildman–Crippen LogP) is 5.05. The van der Waals surface area contributed by atoms with Gasteiger partial charge < -0.3 is 19.5 Å². The van der Waals surface area contributed by atoms with Crippen LogP contribution in [-0.2, 0) is 20.7 Å². The highest BCUT2D eigenvalue weighted by atomic mass is 16.5. The number of likely N-dealkylation sites (tertiary alicyclic amines) is 1. The van der Waals surface area contributed by atoms with Crippen LogP contribution in [0.15, 0.2) is 48.0 Å². The fourth-order valence-corrected chi connectivity index (χ4v) is 4.14. The van der Waals surface area contributed by atoms with Crippen molar-refractivity contribution in [2.75, 3.05) is 26.9 Å². The van der Waals surface area contributed by atoms with Gasteiger partial charge in [-0.2, -0.15) is 0 Å². The van der Waals surface area contributed by atoms with E-state index in [1.807, 2.05) is 31.2 Å². The molecule has 3 rings (SSSR count). The van der Waals surface area contributed by atoms with Crippen molar-refractivity contribution in [3.8, 4) is 5.75 Å². The maximum atomic E-state index is 13.1. The topological polar surface area (TPSA) is 76.1 Å². The Labute approximate surface area is 202 Å². The minimum Gasteiger partial charge on any atom is -0.507 e. The standard InChI is InChI=1S/C28H35NO5/c1-6-20-8-10-21(11-9-20)25-24(27(31)28(32)29(25)14-7-15-33-5)26(30)22-12-13-23(19(4)16-22)34-17-18(2)3/h8-13,16,18,25,30H,6-7,14-15,17H2,1-5H3. The van der Waals surface area contributed by atoms with E-state index in [4.69, 9.17) is 9.47 Å². The summed E-state index contributed by atoms with van der Waals surface area (Å²) in [6.07, 6.45) is 1.48. The summed E-state index contributed by atoms with van der Waals surface area (Å²) >= 11 is 0. The first kappa shape index (κ1) is 25.5. The van der Waals surface area contributed by atoms with E-state index in [1.165, 1.54) is 0 Å². The predicted molar refractivity (Wildman–Crippen MR) is 133 cm³/mol. The summed E-state index contributed by atoms with van der Waals surface area (Å²) in [5, 5.41) is 11.3. The zero-order valence-corrected chi connectivity index (χ0v) is 20.8. The van der Waals surface area contributed by atoms with Crippen molar-refractivity contribution < 1.29 is 24.2 Å². The number of ketones is 1. The molecule has 6 nitrogen and oxygen atoms in total.